The number of benzene rings is 2. The average molecular weight is 374 g/mol. The normalized spacial score (nSPS) is 10.7. The molecule has 3 rings (SSSR count). The molecule has 5 nitrogen and oxygen atoms in total. The standard InChI is InChI=1S/C18H13Cl2N3O2/c1-10-16(22-15-5-3-2-4-14(15)21-10)9-17(24)18(25)23-13-7-6-11(19)8-12(13)20/h2-8H,9H2,1H3,(H,23,25). The monoisotopic (exact) mass is 373 g/mol. The van der Waals surface area contributed by atoms with Crippen LogP contribution in [0.3, 0.4) is 0 Å². The second-order valence-corrected chi connectivity index (χ2v) is 6.27. The molecular formula is C18H13Cl2N3O2. The summed E-state index contributed by atoms with van der Waals surface area (Å²) < 4.78 is 0. The van der Waals surface area contributed by atoms with E-state index in [0.29, 0.717) is 27.6 Å². The van der Waals surface area contributed by atoms with Crippen LogP contribution >= 0.6 is 23.2 Å². The van der Waals surface area contributed by atoms with Crippen molar-refractivity contribution in [3.05, 3.63) is 63.9 Å². The lowest BCUT2D eigenvalue weighted by atomic mass is 10.1. The quantitative estimate of drug-likeness (QED) is 0.701. The Labute approximate surface area is 154 Å². The van der Waals surface area contributed by atoms with E-state index in [0.717, 1.165) is 5.52 Å². The van der Waals surface area contributed by atoms with Gasteiger partial charge in [-0.1, -0.05) is 35.3 Å². The van der Waals surface area contributed by atoms with Gasteiger partial charge in [0.2, 0.25) is 5.78 Å². The molecule has 0 atom stereocenters. The molecule has 25 heavy (non-hydrogen) atoms. The molecule has 1 N–H and O–H groups in total. The van der Waals surface area contributed by atoms with E-state index in [1.807, 2.05) is 24.3 Å². The van der Waals surface area contributed by atoms with Crippen LogP contribution in [0.2, 0.25) is 10.0 Å². The van der Waals surface area contributed by atoms with Crippen molar-refractivity contribution >= 4 is 51.6 Å². The number of fused-ring (bicyclic) bond motifs is 1. The van der Waals surface area contributed by atoms with Crippen LogP contribution < -0.4 is 5.32 Å². The highest BCUT2D eigenvalue weighted by Gasteiger charge is 2.18. The van der Waals surface area contributed by atoms with Crippen molar-refractivity contribution in [2.45, 2.75) is 13.3 Å². The number of nitrogens with one attached hydrogen (secondary N) is 1. The van der Waals surface area contributed by atoms with Gasteiger partial charge in [-0.2, -0.15) is 0 Å². The van der Waals surface area contributed by atoms with Gasteiger partial charge in [0, 0.05) is 5.02 Å². The molecule has 0 aliphatic carbocycles. The molecule has 0 saturated heterocycles. The van der Waals surface area contributed by atoms with E-state index in [-0.39, 0.29) is 11.4 Å². The number of hydrogen-bond acceptors (Lipinski definition) is 4. The van der Waals surface area contributed by atoms with Gasteiger partial charge >= 0.3 is 0 Å². The van der Waals surface area contributed by atoms with E-state index in [4.69, 9.17) is 23.2 Å². The maximum Gasteiger partial charge on any atom is 0.292 e. The number of carbonyl (C=O) groups is 2. The predicted molar refractivity (Wildman–Crippen MR) is 98.1 cm³/mol. The average Bonchev–Trinajstić information content (AvgIpc) is 2.58. The highest BCUT2D eigenvalue weighted by atomic mass is 35.5. The topological polar surface area (TPSA) is 72.0 Å². The first kappa shape index (κ1) is 17.3. The van der Waals surface area contributed by atoms with E-state index in [2.05, 4.69) is 15.3 Å². The number of aromatic nitrogens is 2. The molecule has 0 spiro atoms. The molecule has 0 radical (unpaired) electrons. The van der Waals surface area contributed by atoms with Crippen LogP contribution in [0.15, 0.2) is 42.5 Å². The van der Waals surface area contributed by atoms with Crippen molar-refractivity contribution in [3.63, 3.8) is 0 Å². The Morgan fingerprint density at radius 3 is 2.40 bits per heavy atom. The maximum absolute atomic E-state index is 12.2. The van der Waals surface area contributed by atoms with Crippen molar-refractivity contribution in [3.8, 4) is 0 Å². The zero-order chi connectivity index (χ0) is 18.0. The molecule has 7 heteroatoms. The summed E-state index contributed by atoms with van der Waals surface area (Å²) >= 11 is 11.8. The zero-order valence-electron chi connectivity index (χ0n) is 13.2. The molecule has 0 bridgehead atoms. The Morgan fingerprint density at radius 1 is 1.04 bits per heavy atom. The van der Waals surface area contributed by atoms with Crippen LogP contribution in [0.4, 0.5) is 5.69 Å². The lowest BCUT2D eigenvalue weighted by molar-refractivity contribution is -0.134. The molecule has 3 aromatic rings. The molecule has 0 aliphatic rings. The van der Waals surface area contributed by atoms with Crippen molar-refractivity contribution in [1.82, 2.24) is 9.97 Å². The van der Waals surface area contributed by atoms with Gasteiger partial charge in [0.15, 0.2) is 0 Å². The van der Waals surface area contributed by atoms with Crippen molar-refractivity contribution in [2.75, 3.05) is 5.32 Å². The molecule has 0 saturated carbocycles. The van der Waals surface area contributed by atoms with Gasteiger partial charge in [0.05, 0.1) is 39.6 Å². The maximum atomic E-state index is 12.2. The minimum absolute atomic E-state index is 0.138. The summed E-state index contributed by atoms with van der Waals surface area (Å²) in [6.07, 6.45) is -0.138. The molecule has 1 amide bonds. The Bertz CT molecular complexity index is 989. The predicted octanol–water partition coefficient (Wildman–Crippen LogP) is 4.00. The minimum atomic E-state index is -0.765. The van der Waals surface area contributed by atoms with Gasteiger partial charge in [0.1, 0.15) is 0 Å². The highest BCUT2D eigenvalue weighted by molar-refractivity contribution is 6.43. The summed E-state index contributed by atoms with van der Waals surface area (Å²) in [5, 5.41) is 3.19. The molecule has 126 valence electrons. The number of ketones is 1. The van der Waals surface area contributed by atoms with E-state index in [9.17, 15) is 9.59 Å². The third kappa shape index (κ3) is 3.95. The largest absolute Gasteiger partial charge is 0.318 e. The third-order valence-electron chi connectivity index (χ3n) is 3.60. The van der Waals surface area contributed by atoms with Gasteiger partial charge in [0.25, 0.3) is 5.91 Å². The number of para-hydroxylation sites is 2. The number of nitrogens with zero attached hydrogens (tertiary/aromatic N) is 2. The number of carbonyl (C=O) groups excluding carboxylic acids is 2. The fraction of sp³-hybridized carbons (Fsp3) is 0.111. The summed E-state index contributed by atoms with van der Waals surface area (Å²) in [6, 6.07) is 12.0. The lowest BCUT2D eigenvalue weighted by Crippen LogP contribution is -2.25. The molecule has 0 fully saturated rings. The van der Waals surface area contributed by atoms with E-state index < -0.39 is 11.7 Å². The molecular weight excluding hydrogens is 361 g/mol. The van der Waals surface area contributed by atoms with Crippen LogP contribution in [0, 0.1) is 6.92 Å². The summed E-state index contributed by atoms with van der Waals surface area (Å²) in [5.74, 6) is -1.39. The molecule has 0 unspecified atom stereocenters. The number of rotatable bonds is 4. The summed E-state index contributed by atoms with van der Waals surface area (Å²) in [7, 11) is 0. The van der Waals surface area contributed by atoms with Gasteiger partial charge < -0.3 is 5.32 Å². The number of Topliss-reactive ketones (excluding diaryl/α,β-unsaturated/α-hetero) is 1. The first-order valence-corrected chi connectivity index (χ1v) is 8.21. The van der Waals surface area contributed by atoms with Crippen LogP contribution in [0.5, 0.6) is 0 Å². The number of anilines is 1. The van der Waals surface area contributed by atoms with Crippen LogP contribution in [-0.4, -0.2) is 21.7 Å². The lowest BCUT2D eigenvalue weighted by Gasteiger charge is -2.08. The fourth-order valence-electron chi connectivity index (χ4n) is 2.31. The minimum Gasteiger partial charge on any atom is -0.318 e. The number of amides is 1. The Kier molecular flexibility index (Phi) is 4.97. The first-order valence-electron chi connectivity index (χ1n) is 7.45. The SMILES string of the molecule is Cc1nc2ccccc2nc1CC(=O)C(=O)Nc1ccc(Cl)cc1Cl. The Hall–Kier alpha value is -2.50. The number of aryl methyl sites for hydroxylation is 1. The van der Waals surface area contributed by atoms with Crippen LogP contribution in [0.25, 0.3) is 11.0 Å². The number of halogens is 2. The van der Waals surface area contributed by atoms with Gasteiger partial charge in [-0.3, -0.25) is 9.59 Å². The third-order valence-corrected chi connectivity index (χ3v) is 4.15. The smallest absolute Gasteiger partial charge is 0.292 e. The molecule has 1 aromatic heterocycles. The Morgan fingerprint density at radius 2 is 1.72 bits per heavy atom. The second kappa shape index (κ2) is 7.17. The highest BCUT2D eigenvalue weighted by Crippen LogP contribution is 2.25. The summed E-state index contributed by atoms with van der Waals surface area (Å²) in [5.41, 5.74) is 2.84. The van der Waals surface area contributed by atoms with Crippen molar-refractivity contribution in [1.29, 1.82) is 0 Å². The van der Waals surface area contributed by atoms with Crippen LogP contribution in [0.1, 0.15) is 11.4 Å². The van der Waals surface area contributed by atoms with E-state index in [1.165, 1.54) is 12.1 Å². The summed E-state index contributed by atoms with van der Waals surface area (Å²) in [6.45, 7) is 1.76. The van der Waals surface area contributed by atoms with Gasteiger partial charge in [-0.15, -0.1) is 0 Å². The second-order valence-electron chi connectivity index (χ2n) is 5.42. The van der Waals surface area contributed by atoms with Crippen molar-refractivity contribution in [2.24, 2.45) is 0 Å². The molecule has 2 aromatic carbocycles. The number of hydrogen-bond donors (Lipinski definition) is 1. The van der Waals surface area contributed by atoms with Gasteiger partial charge in [-0.05, 0) is 37.3 Å². The zero-order valence-corrected chi connectivity index (χ0v) is 14.7. The van der Waals surface area contributed by atoms with Crippen LogP contribution in [-0.2, 0) is 16.0 Å². The fourth-order valence-corrected chi connectivity index (χ4v) is 2.76. The van der Waals surface area contributed by atoms with Crippen molar-refractivity contribution < 1.29 is 9.59 Å². The Balaban J connectivity index is 1.77. The van der Waals surface area contributed by atoms with E-state index >= 15 is 0 Å². The van der Waals surface area contributed by atoms with Gasteiger partial charge in [-0.25, -0.2) is 9.97 Å². The summed E-state index contributed by atoms with van der Waals surface area (Å²) in [4.78, 5) is 33.2. The molecule has 0 aliphatic heterocycles. The molecule has 1 heterocycles. The van der Waals surface area contributed by atoms with E-state index in [1.54, 1.807) is 13.0 Å². The first-order chi connectivity index (χ1) is 11.9.